The van der Waals surface area contributed by atoms with Gasteiger partial charge < -0.3 is 30.2 Å². The van der Waals surface area contributed by atoms with Crippen molar-refractivity contribution >= 4 is 22.4 Å². The molecule has 0 aliphatic carbocycles. The van der Waals surface area contributed by atoms with Crippen molar-refractivity contribution in [2.24, 2.45) is 0 Å². The molecule has 4 aliphatic heterocycles. The minimum atomic E-state index is -5.29. The van der Waals surface area contributed by atoms with Gasteiger partial charge in [-0.05, 0) is 38.7 Å². The van der Waals surface area contributed by atoms with Crippen molar-refractivity contribution in [3.8, 4) is 23.1 Å². The number of nitrogens with two attached hydrogens (primary N) is 1. The fourth-order valence-corrected chi connectivity index (χ4v) is 7.66. The lowest BCUT2D eigenvalue weighted by molar-refractivity contribution is -0.137. The van der Waals surface area contributed by atoms with E-state index in [4.69, 9.17) is 24.9 Å². The second-order valence-electron chi connectivity index (χ2n) is 12.5. The van der Waals surface area contributed by atoms with Crippen LogP contribution in [0.5, 0.6) is 11.9 Å². The van der Waals surface area contributed by atoms with Crippen molar-refractivity contribution < 1.29 is 40.6 Å². The molecule has 5 atom stereocenters. The number of halogens is 6. The number of aromatic nitrogens is 3. The van der Waals surface area contributed by atoms with Crippen molar-refractivity contribution in [1.82, 2.24) is 25.2 Å². The van der Waals surface area contributed by atoms with Crippen molar-refractivity contribution in [1.29, 1.82) is 0 Å². The van der Waals surface area contributed by atoms with Gasteiger partial charge in [-0.2, -0.15) is 23.1 Å². The highest BCUT2D eigenvalue weighted by Gasteiger charge is 2.44. The summed E-state index contributed by atoms with van der Waals surface area (Å²) in [6.07, 6.45) is -3.44. The largest absolute Gasteiger partial charge is 0.472 e. The highest BCUT2D eigenvalue weighted by Crippen LogP contribution is 2.47. The summed E-state index contributed by atoms with van der Waals surface area (Å²) in [5, 5.41) is 3.47. The Kier molecular flexibility index (Phi) is 8.02. The summed E-state index contributed by atoms with van der Waals surface area (Å²) in [5.41, 5.74) is -1.22. The molecule has 0 bridgehead atoms. The average Bonchev–Trinajstić information content (AvgIpc) is 3.42. The number of nitrogens with zero attached hydrogens (tertiary/aromatic N) is 5. The molecule has 7 rings (SSSR count). The van der Waals surface area contributed by atoms with E-state index in [9.17, 15) is 17.6 Å². The van der Waals surface area contributed by atoms with Crippen LogP contribution in [0, 0.1) is 24.4 Å². The van der Waals surface area contributed by atoms with Gasteiger partial charge in [-0.1, -0.05) is 6.92 Å². The summed E-state index contributed by atoms with van der Waals surface area (Å²) >= 11 is 0. The summed E-state index contributed by atoms with van der Waals surface area (Å²) in [7, 11) is 0. The zero-order valence-corrected chi connectivity index (χ0v) is 26.1. The Balaban J connectivity index is 1.43. The Labute approximate surface area is 266 Å². The number of hydrogen-bond acceptors (Lipinski definition) is 10. The second-order valence-corrected chi connectivity index (χ2v) is 12.5. The van der Waals surface area contributed by atoms with E-state index in [2.05, 4.69) is 20.2 Å². The minimum absolute atomic E-state index is 0.0135. The van der Waals surface area contributed by atoms with Crippen LogP contribution in [0.3, 0.4) is 0 Å². The third-order valence-corrected chi connectivity index (χ3v) is 9.88. The maximum atomic E-state index is 16.7. The van der Waals surface area contributed by atoms with Gasteiger partial charge in [0.25, 0.3) is 0 Å². The maximum absolute atomic E-state index is 16.7. The van der Waals surface area contributed by atoms with Crippen LogP contribution in [0.25, 0.3) is 22.2 Å². The quantitative estimate of drug-likeness (QED) is 0.296. The van der Waals surface area contributed by atoms with Crippen LogP contribution in [-0.4, -0.2) is 89.6 Å². The molecule has 47 heavy (non-hydrogen) atoms. The zero-order valence-electron chi connectivity index (χ0n) is 26.1. The van der Waals surface area contributed by atoms with Gasteiger partial charge in [0, 0.05) is 37.8 Å². The van der Waals surface area contributed by atoms with E-state index in [1.54, 1.807) is 6.92 Å². The molecule has 3 aromatic rings. The highest BCUT2D eigenvalue weighted by atomic mass is 19.4. The van der Waals surface area contributed by atoms with E-state index in [1.807, 2.05) is 11.8 Å². The maximum Gasteiger partial charge on any atom is 0.417 e. The van der Waals surface area contributed by atoms with Gasteiger partial charge in [-0.3, -0.25) is 4.90 Å². The summed E-state index contributed by atoms with van der Waals surface area (Å²) in [6, 6.07) is -0.321. The Hall–Kier alpha value is -3.63. The van der Waals surface area contributed by atoms with Crippen LogP contribution in [0.1, 0.15) is 44.2 Å². The van der Waals surface area contributed by atoms with Gasteiger partial charge >= 0.3 is 12.2 Å². The molecule has 0 spiro atoms. The molecule has 1 aromatic carbocycles. The number of fused-ring (bicyclic) bond motifs is 3. The van der Waals surface area contributed by atoms with E-state index >= 15 is 8.78 Å². The van der Waals surface area contributed by atoms with Gasteiger partial charge in [0.05, 0.1) is 30.4 Å². The molecule has 0 amide bonds. The van der Waals surface area contributed by atoms with E-state index < -0.39 is 63.3 Å². The molecule has 4 aliphatic rings. The molecular weight excluding hydrogens is 632 g/mol. The predicted molar refractivity (Wildman–Crippen MR) is 160 cm³/mol. The normalized spacial score (nSPS) is 26.1. The molecule has 10 nitrogen and oxygen atoms in total. The van der Waals surface area contributed by atoms with Crippen molar-refractivity contribution in [2.75, 3.05) is 50.1 Å². The minimum Gasteiger partial charge on any atom is -0.472 e. The number of nitrogens with one attached hydrogen (secondary N) is 1. The Bertz CT molecular complexity index is 1730. The van der Waals surface area contributed by atoms with Crippen molar-refractivity contribution in [3.63, 3.8) is 0 Å². The lowest BCUT2D eigenvalue weighted by Crippen LogP contribution is -2.62. The third kappa shape index (κ3) is 5.19. The molecule has 3 N–H and O–H groups in total. The number of benzene rings is 1. The predicted octanol–water partition coefficient (Wildman–Crippen LogP) is 4.60. The van der Waals surface area contributed by atoms with Gasteiger partial charge in [-0.25, -0.2) is 18.2 Å². The first-order chi connectivity index (χ1) is 22.4. The van der Waals surface area contributed by atoms with E-state index in [0.29, 0.717) is 32.7 Å². The van der Waals surface area contributed by atoms with Crippen LogP contribution in [0.15, 0.2) is 0 Å². The molecule has 16 heteroatoms. The molecule has 0 radical (unpaired) electrons. The number of nitrogen functional groups attached to an aromatic ring is 1. The molecule has 254 valence electrons. The summed E-state index contributed by atoms with van der Waals surface area (Å²) in [5.74, 6) is -4.80. The molecule has 0 unspecified atom stereocenters. The topological polar surface area (TPSA) is 111 Å². The lowest BCUT2D eigenvalue weighted by atomic mass is 9.95. The van der Waals surface area contributed by atoms with Crippen LogP contribution in [0.2, 0.25) is 0 Å². The third-order valence-electron chi connectivity index (χ3n) is 9.88. The second kappa shape index (κ2) is 11.8. The van der Waals surface area contributed by atoms with E-state index in [1.165, 1.54) is 0 Å². The van der Waals surface area contributed by atoms with Gasteiger partial charge in [0.1, 0.15) is 40.8 Å². The first kappa shape index (κ1) is 31.9. The SMILES string of the molecule is CC[C@@H]1NCCN2c3nc(OC[C@@H]4CC[C@H]5COCCN54)nc4c(F)c(-c5c(F)c(N)c(F)c(C)c5C(F)(F)F)nc(c34)O[C@@H](C)[C@H]12. The number of ether oxygens (including phenoxy) is 3. The average molecular weight is 668 g/mol. The summed E-state index contributed by atoms with van der Waals surface area (Å²) in [6.45, 7) is 7.72. The standard InChI is InChI=1S/C31H35F6N7O3/c1-4-17-27-14(3)47-29-19-26(23(34)25(40-29)18-20(31(35,36)37)13(2)21(32)24(38)22(18)33)41-30(42-28(19)44(27)8-7-39-17)46-12-16-6-5-15-11-45-10-9-43(15)16/h14-17,27,39H,4-12,38H2,1-3H3/t14-,15-,16-,17-,27+/m0/s1. The van der Waals surface area contributed by atoms with Gasteiger partial charge in [-0.15, -0.1) is 0 Å². The molecule has 3 saturated heterocycles. The summed E-state index contributed by atoms with van der Waals surface area (Å²) in [4.78, 5) is 17.5. The number of morpholine rings is 1. The first-order valence-electron chi connectivity index (χ1n) is 15.8. The van der Waals surface area contributed by atoms with Crippen LogP contribution < -0.4 is 25.4 Å². The molecule has 0 saturated carbocycles. The zero-order chi connectivity index (χ0) is 33.4. The van der Waals surface area contributed by atoms with Crippen LogP contribution >= 0.6 is 0 Å². The number of rotatable bonds is 5. The monoisotopic (exact) mass is 667 g/mol. The first-order valence-corrected chi connectivity index (χ1v) is 15.8. The number of anilines is 2. The smallest absolute Gasteiger partial charge is 0.417 e. The Morgan fingerprint density at radius 3 is 2.60 bits per heavy atom. The fraction of sp³-hybridized carbons (Fsp3) is 0.581. The van der Waals surface area contributed by atoms with Crippen LogP contribution in [0.4, 0.5) is 37.8 Å². The fourth-order valence-electron chi connectivity index (χ4n) is 7.66. The van der Waals surface area contributed by atoms with Crippen molar-refractivity contribution in [2.45, 2.75) is 76.5 Å². The number of hydrogen-bond donors (Lipinski definition) is 2. The Morgan fingerprint density at radius 1 is 1.06 bits per heavy atom. The lowest BCUT2D eigenvalue weighted by Gasteiger charge is -2.43. The number of pyridine rings is 1. The molecular formula is C31H35F6N7O3. The van der Waals surface area contributed by atoms with E-state index in [0.717, 1.165) is 26.3 Å². The van der Waals surface area contributed by atoms with Crippen molar-refractivity contribution in [3.05, 3.63) is 28.6 Å². The molecule has 3 fully saturated rings. The molecule has 6 heterocycles. The summed E-state index contributed by atoms with van der Waals surface area (Å²) < 4.78 is 108. The number of alkyl halides is 3. The van der Waals surface area contributed by atoms with Gasteiger partial charge in [0.2, 0.25) is 5.88 Å². The van der Waals surface area contributed by atoms with Gasteiger partial charge in [0.15, 0.2) is 17.5 Å². The van der Waals surface area contributed by atoms with Crippen LogP contribution in [-0.2, 0) is 10.9 Å². The van der Waals surface area contributed by atoms with E-state index in [-0.39, 0.29) is 53.9 Å². The Morgan fingerprint density at radius 2 is 1.85 bits per heavy atom. The number of piperazine rings is 1. The highest BCUT2D eigenvalue weighted by molar-refractivity contribution is 5.97. The molecule has 2 aromatic heterocycles.